The van der Waals surface area contributed by atoms with Gasteiger partial charge in [0.25, 0.3) is 0 Å². The zero-order chi connectivity index (χ0) is 23.4. The zero-order valence-electron chi connectivity index (χ0n) is 18.9. The number of thioether (sulfide) groups is 1. The summed E-state index contributed by atoms with van der Waals surface area (Å²) in [6, 6.07) is 21.1. The molecule has 0 unspecified atom stereocenters. The van der Waals surface area contributed by atoms with Crippen LogP contribution < -0.4 is 0 Å². The van der Waals surface area contributed by atoms with Gasteiger partial charge in [-0.2, -0.15) is 5.10 Å². The van der Waals surface area contributed by atoms with Gasteiger partial charge in [-0.1, -0.05) is 43.3 Å². The summed E-state index contributed by atoms with van der Waals surface area (Å²) in [6.07, 6.45) is 7.59. The van der Waals surface area contributed by atoms with Crippen molar-refractivity contribution in [1.29, 1.82) is 0 Å². The predicted octanol–water partition coefficient (Wildman–Crippen LogP) is 7.06. The third-order valence-corrected chi connectivity index (χ3v) is 6.50. The number of hydrogen-bond donors (Lipinski definition) is 2. The summed E-state index contributed by atoms with van der Waals surface area (Å²) in [6.45, 7) is 4.35. The largest absolute Gasteiger partial charge is 0.478 e. The monoisotopic (exact) mass is 454 g/mol. The van der Waals surface area contributed by atoms with Gasteiger partial charge in [0.05, 0.1) is 11.7 Å². The first-order valence-electron chi connectivity index (χ1n) is 10.8. The molecule has 0 aliphatic heterocycles. The van der Waals surface area contributed by atoms with Crippen LogP contribution in [0.25, 0.3) is 28.1 Å². The number of benzene rings is 3. The summed E-state index contributed by atoms with van der Waals surface area (Å²) in [5.74, 6) is -0.953. The molecular weight excluding hydrogens is 428 g/mol. The summed E-state index contributed by atoms with van der Waals surface area (Å²) in [5.41, 5.74) is 9.03. The molecule has 0 bridgehead atoms. The Morgan fingerprint density at radius 1 is 1.06 bits per heavy atom. The fourth-order valence-corrected chi connectivity index (χ4v) is 4.54. The molecule has 2 N–H and O–H groups in total. The van der Waals surface area contributed by atoms with Gasteiger partial charge in [0.2, 0.25) is 0 Å². The summed E-state index contributed by atoms with van der Waals surface area (Å²) >= 11 is 1.75. The Morgan fingerprint density at radius 3 is 2.52 bits per heavy atom. The fraction of sp³-hybridized carbons (Fsp3) is 0.143. The number of hydrogen-bond acceptors (Lipinski definition) is 3. The number of allylic oxidation sites excluding steroid dienone is 1. The number of carbonyl (C=O) groups is 1. The molecule has 4 rings (SSSR count). The molecule has 0 aliphatic rings. The first-order valence-corrected chi connectivity index (χ1v) is 12.1. The molecule has 0 saturated carbocycles. The number of rotatable bonds is 7. The maximum Gasteiger partial charge on any atom is 0.328 e. The van der Waals surface area contributed by atoms with Gasteiger partial charge in [-0.15, -0.1) is 11.8 Å². The highest BCUT2D eigenvalue weighted by atomic mass is 32.2. The van der Waals surface area contributed by atoms with Crippen LogP contribution in [-0.2, 0) is 4.79 Å². The molecule has 0 saturated heterocycles. The number of aryl methyl sites for hydroxylation is 1. The van der Waals surface area contributed by atoms with E-state index in [0.717, 1.165) is 40.1 Å². The smallest absolute Gasteiger partial charge is 0.328 e. The van der Waals surface area contributed by atoms with E-state index in [-0.39, 0.29) is 0 Å². The van der Waals surface area contributed by atoms with Crippen LogP contribution in [0.15, 0.2) is 77.8 Å². The normalized spacial score (nSPS) is 12.3. The maximum absolute atomic E-state index is 10.9. The average Bonchev–Trinajstić information content (AvgIpc) is 3.30. The number of carboxylic acids is 1. The molecule has 166 valence electrons. The third kappa shape index (κ3) is 4.94. The lowest BCUT2D eigenvalue weighted by atomic mass is 9.86. The van der Waals surface area contributed by atoms with E-state index in [0.29, 0.717) is 0 Å². The van der Waals surface area contributed by atoms with Crippen LogP contribution in [-0.4, -0.2) is 27.5 Å². The SMILES string of the molecule is CC/C(=C(/c1ccc(/C=C/C(=O)O)cc1)c1ccc2[nH]ncc2c1)c1cc(SC)ccc1C. The Labute approximate surface area is 198 Å². The van der Waals surface area contributed by atoms with E-state index in [2.05, 4.69) is 78.8 Å². The second kappa shape index (κ2) is 9.92. The van der Waals surface area contributed by atoms with Crippen molar-refractivity contribution < 1.29 is 9.90 Å². The number of H-pyrrole nitrogens is 1. The van der Waals surface area contributed by atoms with Gasteiger partial charge in [-0.3, -0.25) is 5.10 Å². The maximum atomic E-state index is 10.9. The van der Waals surface area contributed by atoms with E-state index in [1.54, 1.807) is 17.8 Å². The van der Waals surface area contributed by atoms with Crippen molar-refractivity contribution >= 4 is 45.9 Å². The highest BCUT2D eigenvalue weighted by Gasteiger charge is 2.16. The van der Waals surface area contributed by atoms with Gasteiger partial charge < -0.3 is 5.11 Å². The van der Waals surface area contributed by atoms with Crippen molar-refractivity contribution in [2.45, 2.75) is 25.2 Å². The molecule has 4 aromatic rings. The molecule has 0 fully saturated rings. The number of aliphatic carboxylic acids is 1. The lowest BCUT2D eigenvalue weighted by molar-refractivity contribution is -0.131. The molecule has 0 amide bonds. The third-order valence-electron chi connectivity index (χ3n) is 5.77. The molecule has 0 spiro atoms. The van der Waals surface area contributed by atoms with E-state index >= 15 is 0 Å². The summed E-state index contributed by atoms with van der Waals surface area (Å²) in [5, 5.41) is 17.2. The van der Waals surface area contributed by atoms with E-state index in [1.165, 1.54) is 27.2 Å². The summed E-state index contributed by atoms with van der Waals surface area (Å²) < 4.78 is 0. The van der Waals surface area contributed by atoms with Gasteiger partial charge in [-0.05, 0) is 88.9 Å². The number of fused-ring (bicyclic) bond motifs is 1. The second-order valence-electron chi connectivity index (χ2n) is 7.85. The Kier molecular flexibility index (Phi) is 6.80. The molecule has 0 aliphatic carbocycles. The van der Waals surface area contributed by atoms with Crippen molar-refractivity contribution in [3.05, 3.63) is 101 Å². The quantitative estimate of drug-likeness (QED) is 0.178. The Hall–Kier alpha value is -3.57. The van der Waals surface area contributed by atoms with Gasteiger partial charge in [0, 0.05) is 16.4 Å². The van der Waals surface area contributed by atoms with Gasteiger partial charge in [0.15, 0.2) is 0 Å². The first-order chi connectivity index (χ1) is 16.0. The van der Waals surface area contributed by atoms with Crippen molar-refractivity contribution in [3.63, 3.8) is 0 Å². The van der Waals surface area contributed by atoms with E-state index in [4.69, 9.17) is 5.11 Å². The number of nitrogens with one attached hydrogen (secondary N) is 1. The highest BCUT2D eigenvalue weighted by molar-refractivity contribution is 7.98. The fourth-order valence-electron chi connectivity index (χ4n) is 4.10. The molecule has 4 nitrogen and oxygen atoms in total. The van der Waals surface area contributed by atoms with Crippen molar-refractivity contribution in [1.82, 2.24) is 10.2 Å². The van der Waals surface area contributed by atoms with Crippen LogP contribution in [0.3, 0.4) is 0 Å². The molecule has 0 radical (unpaired) electrons. The van der Waals surface area contributed by atoms with Crippen LogP contribution in [0.2, 0.25) is 0 Å². The second-order valence-corrected chi connectivity index (χ2v) is 8.73. The van der Waals surface area contributed by atoms with Crippen LogP contribution in [0.4, 0.5) is 0 Å². The summed E-state index contributed by atoms with van der Waals surface area (Å²) in [7, 11) is 0. The summed E-state index contributed by atoms with van der Waals surface area (Å²) in [4.78, 5) is 12.1. The number of aromatic amines is 1. The molecule has 33 heavy (non-hydrogen) atoms. The minimum atomic E-state index is -0.953. The molecule has 0 atom stereocenters. The Balaban J connectivity index is 1.95. The minimum absolute atomic E-state index is 0.851. The Bertz CT molecular complexity index is 1360. The Morgan fingerprint density at radius 2 is 1.82 bits per heavy atom. The minimum Gasteiger partial charge on any atom is -0.478 e. The number of aromatic nitrogens is 2. The van der Waals surface area contributed by atoms with Gasteiger partial charge >= 0.3 is 5.97 Å². The van der Waals surface area contributed by atoms with Crippen LogP contribution in [0.1, 0.15) is 41.2 Å². The van der Waals surface area contributed by atoms with Crippen molar-refractivity contribution in [2.24, 2.45) is 0 Å². The van der Waals surface area contributed by atoms with E-state index in [9.17, 15) is 4.79 Å². The van der Waals surface area contributed by atoms with Crippen LogP contribution in [0.5, 0.6) is 0 Å². The molecule has 1 aromatic heterocycles. The van der Waals surface area contributed by atoms with Crippen LogP contribution in [0, 0.1) is 6.92 Å². The van der Waals surface area contributed by atoms with E-state index in [1.807, 2.05) is 18.3 Å². The predicted molar refractivity (Wildman–Crippen MR) is 138 cm³/mol. The number of nitrogens with zero attached hydrogens (tertiary/aromatic N) is 1. The topological polar surface area (TPSA) is 66.0 Å². The van der Waals surface area contributed by atoms with Crippen LogP contribution >= 0.6 is 11.8 Å². The molecule has 1 heterocycles. The first kappa shape index (κ1) is 22.6. The zero-order valence-corrected chi connectivity index (χ0v) is 19.7. The lowest BCUT2D eigenvalue weighted by Crippen LogP contribution is -1.97. The average molecular weight is 455 g/mol. The van der Waals surface area contributed by atoms with E-state index < -0.39 is 5.97 Å². The van der Waals surface area contributed by atoms with Gasteiger partial charge in [0.1, 0.15) is 0 Å². The highest BCUT2D eigenvalue weighted by Crippen LogP contribution is 2.37. The molecule has 5 heteroatoms. The lowest BCUT2D eigenvalue weighted by Gasteiger charge is -2.19. The standard InChI is InChI=1S/C28H26N2O2S/c1-4-24(25-16-23(33-3)12-5-18(25)2)28(21-11-13-26-22(15-21)17-29-30-26)20-9-6-19(7-10-20)8-14-27(31)32/h5-17H,4H2,1-3H3,(H,29,30)(H,31,32)/b14-8+,28-24+. The molecule has 3 aromatic carbocycles. The van der Waals surface area contributed by atoms with Gasteiger partial charge in [-0.25, -0.2) is 4.79 Å². The van der Waals surface area contributed by atoms with Crippen molar-refractivity contribution in [2.75, 3.05) is 6.26 Å². The van der Waals surface area contributed by atoms with Crippen molar-refractivity contribution in [3.8, 4) is 0 Å². The molecular formula is C28H26N2O2S. The number of carboxylic acid groups (broad SMARTS) is 1.